The summed E-state index contributed by atoms with van der Waals surface area (Å²) in [4.78, 5) is 11.7. The number of nitrogens with two attached hydrogens (primary N) is 1. The van der Waals surface area contributed by atoms with Crippen molar-refractivity contribution in [2.24, 2.45) is 18.2 Å². The zero-order valence-corrected chi connectivity index (χ0v) is 9.61. The summed E-state index contributed by atoms with van der Waals surface area (Å²) < 4.78 is 1.62. The van der Waals surface area contributed by atoms with Crippen LogP contribution in [0.25, 0.3) is 0 Å². The molecule has 0 unspecified atom stereocenters. The highest BCUT2D eigenvalue weighted by Crippen LogP contribution is 2.18. The van der Waals surface area contributed by atoms with E-state index in [-0.39, 0.29) is 11.3 Å². The topological polar surface area (TPSA) is 72.9 Å². The van der Waals surface area contributed by atoms with Gasteiger partial charge in [-0.25, -0.2) is 0 Å². The van der Waals surface area contributed by atoms with E-state index in [2.05, 4.69) is 10.4 Å². The monoisotopic (exact) mass is 210 g/mol. The largest absolute Gasteiger partial charge is 0.319 e. The van der Waals surface area contributed by atoms with Gasteiger partial charge >= 0.3 is 0 Å². The minimum Gasteiger partial charge on any atom is -0.319 e. The molecule has 0 fully saturated rings. The third-order valence-electron chi connectivity index (χ3n) is 2.18. The Labute approximate surface area is 89.6 Å². The minimum absolute atomic E-state index is 0.207. The van der Waals surface area contributed by atoms with Crippen LogP contribution in [0.2, 0.25) is 0 Å². The molecular formula is C10H18N4O. The van der Waals surface area contributed by atoms with Crippen LogP contribution in [-0.2, 0) is 11.8 Å². The average Bonchev–Trinajstić information content (AvgIpc) is 2.48. The summed E-state index contributed by atoms with van der Waals surface area (Å²) in [5.41, 5.74) is 5.55. The molecule has 1 atom stereocenters. The quantitative estimate of drug-likeness (QED) is 0.756. The Kier molecular flexibility index (Phi) is 3.14. The van der Waals surface area contributed by atoms with Crippen LogP contribution < -0.4 is 11.1 Å². The van der Waals surface area contributed by atoms with Gasteiger partial charge in [0, 0.05) is 19.3 Å². The smallest absolute Gasteiger partial charge is 0.243 e. The van der Waals surface area contributed by atoms with E-state index in [4.69, 9.17) is 5.73 Å². The van der Waals surface area contributed by atoms with Crippen LogP contribution in [0, 0.1) is 5.41 Å². The summed E-state index contributed by atoms with van der Waals surface area (Å²) in [6.07, 6.45) is 1.76. The molecular weight excluding hydrogens is 192 g/mol. The van der Waals surface area contributed by atoms with Crippen LogP contribution in [0.5, 0.6) is 0 Å². The fourth-order valence-electron chi connectivity index (χ4n) is 1.08. The maximum atomic E-state index is 11.7. The molecule has 0 aliphatic rings. The first-order valence-electron chi connectivity index (χ1n) is 4.87. The molecule has 0 saturated heterocycles. The summed E-state index contributed by atoms with van der Waals surface area (Å²) in [7, 11) is 1.79. The molecule has 0 aliphatic heterocycles. The molecule has 0 saturated carbocycles. The highest BCUT2D eigenvalue weighted by molar-refractivity contribution is 5.94. The SMILES string of the molecule is Cn1ccc(NC(=O)[C@H](N)C(C)(C)C)n1. The predicted octanol–water partition coefficient (Wildman–Crippen LogP) is 0.732. The standard InChI is InChI=1S/C10H18N4O/c1-10(2,3)8(11)9(15)12-7-5-6-14(4)13-7/h5-6,8H,11H2,1-4H3,(H,12,13,15)/t8-/m0/s1. The lowest BCUT2D eigenvalue weighted by Gasteiger charge is -2.25. The third-order valence-corrected chi connectivity index (χ3v) is 2.18. The van der Waals surface area contributed by atoms with E-state index in [1.165, 1.54) is 0 Å². The van der Waals surface area contributed by atoms with Crippen molar-refractivity contribution in [3.8, 4) is 0 Å². The van der Waals surface area contributed by atoms with Gasteiger partial charge in [-0.05, 0) is 5.41 Å². The van der Waals surface area contributed by atoms with Gasteiger partial charge in [-0.2, -0.15) is 5.10 Å². The lowest BCUT2D eigenvalue weighted by molar-refractivity contribution is -0.119. The van der Waals surface area contributed by atoms with Crippen molar-refractivity contribution in [3.05, 3.63) is 12.3 Å². The Morgan fingerprint density at radius 3 is 2.60 bits per heavy atom. The summed E-state index contributed by atoms with van der Waals surface area (Å²) in [6.45, 7) is 5.78. The van der Waals surface area contributed by atoms with Crippen LogP contribution >= 0.6 is 0 Å². The number of carbonyl (C=O) groups excluding carboxylic acids is 1. The molecule has 1 aromatic rings. The van der Waals surface area contributed by atoms with Crippen molar-refractivity contribution in [2.45, 2.75) is 26.8 Å². The molecule has 1 rings (SSSR count). The Hall–Kier alpha value is -1.36. The second-order valence-electron chi connectivity index (χ2n) is 4.71. The highest BCUT2D eigenvalue weighted by atomic mass is 16.2. The Morgan fingerprint density at radius 2 is 2.20 bits per heavy atom. The van der Waals surface area contributed by atoms with Crippen molar-refractivity contribution in [1.82, 2.24) is 9.78 Å². The number of hydrogen-bond acceptors (Lipinski definition) is 3. The van der Waals surface area contributed by atoms with Crippen molar-refractivity contribution in [3.63, 3.8) is 0 Å². The zero-order chi connectivity index (χ0) is 11.6. The van der Waals surface area contributed by atoms with Crippen LogP contribution in [0.4, 0.5) is 5.82 Å². The minimum atomic E-state index is -0.542. The molecule has 1 heterocycles. The highest BCUT2D eigenvalue weighted by Gasteiger charge is 2.27. The maximum absolute atomic E-state index is 11.7. The Balaban J connectivity index is 2.64. The lowest BCUT2D eigenvalue weighted by atomic mass is 9.87. The number of nitrogens with zero attached hydrogens (tertiary/aromatic N) is 2. The number of aromatic nitrogens is 2. The zero-order valence-electron chi connectivity index (χ0n) is 9.61. The molecule has 3 N–H and O–H groups in total. The second-order valence-corrected chi connectivity index (χ2v) is 4.71. The molecule has 0 aliphatic carbocycles. The van der Waals surface area contributed by atoms with Gasteiger partial charge in [0.25, 0.3) is 0 Å². The van der Waals surface area contributed by atoms with Gasteiger partial charge in [0.05, 0.1) is 6.04 Å². The first-order chi connectivity index (χ1) is 6.80. The summed E-state index contributed by atoms with van der Waals surface area (Å²) in [6, 6.07) is 1.19. The van der Waals surface area contributed by atoms with E-state index in [1.54, 1.807) is 24.0 Å². The van der Waals surface area contributed by atoms with E-state index >= 15 is 0 Å². The van der Waals surface area contributed by atoms with Gasteiger partial charge in [-0.1, -0.05) is 20.8 Å². The van der Waals surface area contributed by atoms with E-state index in [0.29, 0.717) is 5.82 Å². The van der Waals surface area contributed by atoms with Gasteiger partial charge in [-0.3, -0.25) is 9.48 Å². The summed E-state index contributed by atoms with van der Waals surface area (Å²) in [5.74, 6) is 0.323. The van der Waals surface area contributed by atoms with Crippen molar-refractivity contribution in [1.29, 1.82) is 0 Å². The van der Waals surface area contributed by atoms with Crippen LogP contribution in [-0.4, -0.2) is 21.7 Å². The average molecular weight is 210 g/mol. The molecule has 84 valence electrons. The number of amides is 1. The van der Waals surface area contributed by atoms with Crippen LogP contribution in [0.3, 0.4) is 0 Å². The third kappa shape index (κ3) is 3.06. The Bertz CT molecular complexity index is 351. The first kappa shape index (κ1) is 11.7. The number of carbonyl (C=O) groups is 1. The van der Waals surface area contributed by atoms with Crippen molar-refractivity contribution < 1.29 is 4.79 Å². The fourth-order valence-corrected chi connectivity index (χ4v) is 1.08. The molecule has 0 bridgehead atoms. The fraction of sp³-hybridized carbons (Fsp3) is 0.600. The normalized spacial score (nSPS) is 13.7. The van der Waals surface area contributed by atoms with Gasteiger partial charge < -0.3 is 11.1 Å². The van der Waals surface area contributed by atoms with E-state index in [9.17, 15) is 4.79 Å². The number of anilines is 1. The molecule has 5 heteroatoms. The van der Waals surface area contributed by atoms with Gasteiger partial charge in [0.15, 0.2) is 5.82 Å². The second kappa shape index (κ2) is 4.02. The number of rotatable bonds is 2. The van der Waals surface area contributed by atoms with Gasteiger partial charge in [0.1, 0.15) is 0 Å². The maximum Gasteiger partial charge on any atom is 0.243 e. The number of hydrogen-bond donors (Lipinski definition) is 2. The van der Waals surface area contributed by atoms with Crippen molar-refractivity contribution in [2.75, 3.05) is 5.32 Å². The number of nitrogens with one attached hydrogen (secondary N) is 1. The van der Waals surface area contributed by atoms with Gasteiger partial charge in [-0.15, -0.1) is 0 Å². The molecule has 15 heavy (non-hydrogen) atoms. The van der Waals surface area contributed by atoms with Crippen molar-refractivity contribution >= 4 is 11.7 Å². The van der Waals surface area contributed by atoms with E-state index < -0.39 is 6.04 Å². The first-order valence-corrected chi connectivity index (χ1v) is 4.87. The Morgan fingerprint density at radius 1 is 1.60 bits per heavy atom. The lowest BCUT2D eigenvalue weighted by Crippen LogP contribution is -2.45. The molecule has 0 radical (unpaired) electrons. The molecule has 1 aromatic heterocycles. The van der Waals surface area contributed by atoms with Gasteiger partial charge in [0.2, 0.25) is 5.91 Å². The van der Waals surface area contributed by atoms with Crippen LogP contribution in [0.15, 0.2) is 12.3 Å². The number of aryl methyl sites for hydroxylation is 1. The van der Waals surface area contributed by atoms with E-state index in [0.717, 1.165) is 0 Å². The molecule has 1 amide bonds. The summed E-state index contributed by atoms with van der Waals surface area (Å²) >= 11 is 0. The van der Waals surface area contributed by atoms with Crippen LogP contribution in [0.1, 0.15) is 20.8 Å². The molecule has 0 aromatic carbocycles. The predicted molar refractivity (Wildman–Crippen MR) is 59.3 cm³/mol. The molecule has 5 nitrogen and oxygen atoms in total. The summed E-state index contributed by atoms with van der Waals surface area (Å²) in [5, 5.41) is 6.72. The van der Waals surface area contributed by atoms with E-state index in [1.807, 2.05) is 20.8 Å². The molecule has 0 spiro atoms.